The van der Waals surface area contributed by atoms with Crippen molar-refractivity contribution in [2.75, 3.05) is 12.5 Å². The Balaban J connectivity index is 1.44. The highest BCUT2D eigenvalue weighted by molar-refractivity contribution is 6.33. The van der Waals surface area contributed by atoms with Crippen LogP contribution < -0.4 is 21.5 Å². The number of alkyl halides is 3. The molecule has 2 aliphatic heterocycles. The lowest BCUT2D eigenvalue weighted by Gasteiger charge is -2.47. The van der Waals surface area contributed by atoms with Crippen LogP contribution in [0.5, 0.6) is 11.5 Å². The summed E-state index contributed by atoms with van der Waals surface area (Å²) < 4.78 is 48.9. The first-order valence-corrected chi connectivity index (χ1v) is 16.2. The molecule has 0 spiro atoms. The fourth-order valence-electron chi connectivity index (χ4n) is 7.40. The predicted molar refractivity (Wildman–Crippen MR) is 179 cm³/mol. The van der Waals surface area contributed by atoms with Gasteiger partial charge < -0.3 is 9.84 Å². The van der Waals surface area contributed by atoms with Crippen molar-refractivity contribution >= 4 is 46.9 Å². The summed E-state index contributed by atoms with van der Waals surface area (Å²) in [6.45, 7) is -0.00529. The molecule has 4 heterocycles. The quantitative estimate of drug-likeness (QED) is 0.209. The summed E-state index contributed by atoms with van der Waals surface area (Å²) in [5.74, 6) is -3.95. The normalized spacial score (nSPS) is 22.8. The molecule has 3 aliphatic rings. The molecule has 2 aromatic carbocycles. The molecule has 2 aromatic heterocycles. The van der Waals surface area contributed by atoms with Crippen molar-refractivity contribution in [3.8, 4) is 11.5 Å². The molecule has 17 heteroatoms. The van der Waals surface area contributed by atoms with Gasteiger partial charge in [-0.2, -0.15) is 18.2 Å². The third kappa shape index (κ3) is 5.25. The van der Waals surface area contributed by atoms with E-state index < -0.39 is 63.2 Å². The van der Waals surface area contributed by atoms with Crippen LogP contribution in [0, 0.1) is 11.8 Å². The Kier molecular flexibility index (Phi) is 8.17. The Morgan fingerprint density at radius 3 is 2.45 bits per heavy atom. The van der Waals surface area contributed by atoms with Gasteiger partial charge in [-0.3, -0.25) is 15.0 Å². The van der Waals surface area contributed by atoms with Crippen molar-refractivity contribution < 1.29 is 32.6 Å². The maximum absolute atomic E-state index is 15.0. The molecule has 2 fully saturated rings. The molecular weight excluding hydrogens is 716 g/mol. The van der Waals surface area contributed by atoms with Gasteiger partial charge in [-0.1, -0.05) is 59.6 Å². The number of fused-ring (bicyclic) bond motifs is 4. The molecule has 1 saturated carbocycles. The number of nitrogens with zero attached hydrogens (tertiary/aromatic N) is 5. The standard InChI is InChI=1S/C34H27Cl2F3N6O6/c1-42-31(49)43-12-11-21-22(9-3-17-4-10-26(46)27(13-17)51-2)33(18-5-7-20(35)8-6-18)23(15-25(21)45(43)32(42)50)29(47)44(30(33)48)41-28-24(36)14-19(16-40-28)34(37,38)39/h3-11,13-14,16,22-23,25,46H,12,15H2,1-2H3,(H,40,41)/t22-,23-,25+,33-/m0/s1. The summed E-state index contributed by atoms with van der Waals surface area (Å²) in [5.41, 5.74) is 0.0938. The van der Waals surface area contributed by atoms with Crippen LogP contribution in [0.3, 0.4) is 0 Å². The van der Waals surface area contributed by atoms with E-state index in [-0.39, 0.29) is 30.3 Å². The van der Waals surface area contributed by atoms with Crippen LogP contribution in [0.1, 0.15) is 29.2 Å². The van der Waals surface area contributed by atoms with Crippen molar-refractivity contribution in [2.45, 2.75) is 30.6 Å². The largest absolute Gasteiger partial charge is 0.504 e. The number of methoxy groups -OCH3 is 1. The van der Waals surface area contributed by atoms with E-state index in [1.807, 2.05) is 0 Å². The van der Waals surface area contributed by atoms with Gasteiger partial charge in [0.05, 0.1) is 41.6 Å². The Bertz CT molecular complexity index is 2300. The first kappa shape index (κ1) is 34.2. The molecule has 51 heavy (non-hydrogen) atoms. The monoisotopic (exact) mass is 742 g/mol. The molecule has 4 aromatic rings. The average molecular weight is 744 g/mol. The van der Waals surface area contributed by atoms with Crippen molar-refractivity contribution in [3.05, 3.63) is 120 Å². The molecule has 264 valence electrons. The van der Waals surface area contributed by atoms with Crippen LogP contribution in [0.25, 0.3) is 6.08 Å². The fourth-order valence-corrected chi connectivity index (χ4v) is 7.74. The molecule has 1 saturated heterocycles. The second-order valence-corrected chi connectivity index (χ2v) is 13.2. The van der Waals surface area contributed by atoms with E-state index in [2.05, 4.69) is 10.4 Å². The number of aromatic hydroxyl groups is 1. The second kappa shape index (κ2) is 12.2. The van der Waals surface area contributed by atoms with Gasteiger partial charge in [0.2, 0.25) is 0 Å². The van der Waals surface area contributed by atoms with E-state index in [0.29, 0.717) is 39.0 Å². The van der Waals surface area contributed by atoms with Crippen LogP contribution in [0.2, 0.25) is 10.0 Å². The maximum atomic E-state index is 15.0. The number of aromatic nitrogens is 4. The van der Waals surface area contributed by atoms with Crippen molar-refractivity contribution in [1.82, 2.24) is 23.9 Å². The number of hydrazine groups is 1. The van der Waals surface area contributed by atoms with Gasteiger partial charge in [0.25, 0.3) is 11.8 Å². The zero-order chi connectivity index (χ0) is 36.6. The molecule has 12 nitrogen and oxygen atoms in total. The minimum Gasteiger partial charge on any atom is -0.504 e. The number of phenols is 1. The SMILES string of the molecule is COc1cc(C=C[C@H]2C3=CCn4c(=O)n(C)c(=O)n4[C@@H]3C[C@H]3C(=O)N(Nc4ncc(C(F)(F)F)cc4Cl)C(=O)[C@@]23c2ccc(Cl)cc2)ccc1O. The Morgan fingerprint density at radius 1 is 1.06 bits per heavy atom. The number of anilines is 1. The first-order chi connectivity index (χ1) is 24.2. The van der Waals surface area contributed by atoms with Gasteiger partial charge in [-0.15, -0.1) is 0 Å². The summed E-state index contributed by atoms with van der Waals surface area (Å²) in [6.07, 6.45) is 0.829. The summed E-state index contributed by atoms with van der Waals surface area (Å²) in [4.78, 5) is 59.8. The minimum atomic E-state index is -4.75. The number of carbonyl (C=O) groups excluding carboxylic acids is 2. The molecule has 2 N–H and O–H groups in total. The summed E-state index contributed by atoms with van der Waals surface area (Å²) in [7, 11) is 2.73. The zero-order valence-corrected chi connectivity index (χ0v) is 28.2. The van der Waals surface area contributed by atoms with E-state index in [1.54, 1.807) is 54.6 Å². The van der Waals surface area contributed by atoms with Gasteiger partial charge >= 0.3 is 17.6 Å². The second-order valence-electron chi connectivity index (χ2n) is 12.3. The van der Waals surface area contributed by atoms with Gasteiger partial charge in [-0.25, -0.2) is 28.5 Å². The molecule has 1 aliphatic carbocycles. The highest BCUT2D eigenvalue weighted by Crippen LogP contribution is 2.59. The molecular formula is C34H27Cl2F3N6O6. The number of imide groups is 1. The van der Waals surface area contributed by atoms with E-state index in [0.717, 1.165) is 4.57 Å². The average Bonchev–Trinajstić information content (AvgIpc) is 3.45. The number of pyridine rings is 1. The number of halogens is 5. The van der Waals surface area contributed by atoms with Gasteiger partial charge in [0.15, 0.2) is 17.3 Å². The number of allylic oxidation sites excluding steroid dienone is 3. The molecule has 4 atom stereocenters. The number of benzene rings is 2. The van der Waals surface area contributed by atoms with Crippen molar-refractivity contribution in [3.63, 3.8) is 0 Å². The van der Waals surface area contributed by atoms with Gasteiger partial charge in [0, 0.05) is 24.2 Å². The number of ether oxygens (including phenoxy) is 1. The third-order valence-electron chi connectivity index (χ3n) is 9.76. The molecule has 0 radical (unpaired) electrons. The van der Waals surface area contributed by atoms with Crippen LogP contribution in [0.15, 0.2) is 82.0 Å². The van der Waals surface area contributed by atoms with Crippen LogP contribution in [0.4, 0.5) is 19.0 Å². The topological polar surface area (TPSA) is 141 Å². The van der Waals surface area contributed by atoms with E-state index in [4.69, 9.17) is 27.9 Å². The third-order valence-corrected chi connectivity index (χ3v) is 10.3. The van der Waals surface area contributed by atoms with Gasteiger partial charge in [0.1, 0.15) is 0 Å². The number of amides is 2. The lowest BCUT2D eigenvalue weighted by atomic mass is 9.54. The number of hydrogen-bond donors (Lipinski definition) is 2. The summed E-state index contributed by atoms with van der Waals surface area (Å²) >= 11 is 12.5. The highest BCUT2D eigenvalue weighted by Gasteiger charge is 2.68. The number of rotatable bonds is 6. The van der Waals surface area contributed by atoms with Gasteiger partial charge in [-0.05, 0) is 53.5 Å². The number of hydrogen-bond acceptors (Lipinski definition) is 8. The predicted octanol–water partition coefficient (Wildman–Crippen LogP) is 4.95. The zero-order valence-electron chi connectivity index (χ0n) is 26.7. The Hall–Kier alpha value is -5.28. The minimum absolute atomic E-state index is 0.00529. The number of carbonyl (C=O) groups is 2. The lowest BCUT2D eigenvalue weighted by molar-refractivity contribution is -0.139. The number of nitrogens with one attached hydrogen (secondary N) is 1. The first-order valence-electron chi connectivity index (χ1n) is 15.5. The maximum Gasteiger partial charge on any atom is 0.417 e. The Morgan fingerprint density at radius 2 is 1.78 bits per heavy atom. The lowest BCUT2D eigenvalue weighted by Crippen LogP contribution is -2.54. The van der Waals surface area contributed by atoms with Crippen LogP contribution >= 0.6 is 23.2 Å². The summed E-state index contributed by atoms with van der Waals surface area (Å²) in [5, 5.41) is 10.7. The smallest absolute Gasteiger partial charge is 0.417 e. The molecule has 2 amide bonds. The van der Waals surface area contributed by atoms with E-state index in [9.17, 15) is 32.7 Å². The Labute approximate surface area is 296 Å². The fraction of sp³-hybridized carbons (Fsp3) is 0.265. The van der Waals surface area contributed by atoms with Crippen molar-refractivity contribution in [2.24, 2.45) is 18.9 Å². The number of phenolic OH excluding ortho intramolecular Hbond substituents is 1. The van der Waals surface area contributed by atoms with Crippen molar-refractivity contribution in [1.29, 1.82) is 0 Å². The van der Waals surface area contributed by atoms with Crippen LogP contribution in [-0.2, 0) is 34.8 Å². The molecule has 7 rings (SSSR count). The summed E-state index contributed by atoms with van der Waals surface area (Å²) in [6, 6.07) is 10.8. The molecule has 0 unspecified atom stereocenters. The molecule has 0 bridgehead atoms. The van der Waals surface area contributed by atoms with E-state index in [1.165, 1.54) is 29.6 Å². The van der Waals surface area contributed by atoms with Crippen LogP contribution in [-0.4, -0.2) is 48.0 Å². The highest BCUT2D eigenvalue weighted by atomic mass is 35.5. The van der Waals surface area contributed by atoms with E-state index >= 15 is 4.79 Å².